The van der Waals surface area contributed by atoms with E-state index in [0.29, 0.717) is 37.4 Å². The van der Waals surface area contributed by atoms with Gasteiger partial charge in [-0.2, -0.15) is 5.26 Å². The molecule has 0 unspecified atom stereocenters. The molecule has 0 radical (unpaired) electrons. The summed E-state index contributed by atoms with van der Waals surface area (Å²) in [7, 11) is 0. The van der Waals surface area contributed by atoms with Crippen molar-refractivity contribution in [3.05, 3.63) is 35.4 Å². The molecular formula is C12H12N2O2. The van der Waals surface area contributed by atoms with Crippen molar-refractivity contribution in [2.45, 2.75) is 0 Å². The van der Waals surface area contributed by atoms with Crippen LogP contribution in [0, 0.1) is 11.3 Å². The molecule has 0 bridgehead atoms. The van der Waals surface area contributed by atoms with E-state index in [1.165, 1.54) is 0 Å². The number of hydrogen-bond donors (Lipinski definition) is 0. The predicted molar refractivity (Wildman–Crippen MR) is 57.9 cm³/mol. The van der Waals surface area contributed by atoms with E-state index in [2.05, 4.69) is 0 Å². The molecule has 82 valence electrons. The Bertz CT molecular complexity index is 414. The van der Waals surface area contributed by atoms with Gasteiger partial charge in [0.15, 0.2) is 0 Å². The van der Waals surface area contributed by atoms with Crippen LogP contribution in [-0.4, -0.2) is 37.1 Å². The zero-order valence-electron chi connectivity index (χ0n) is 8.85. The molecule has 4 nitrogen and oxygen atoms in total. The van der Waals surface area contributed by atoms with Crippen LogP contribution in [0.1, 0.15) is 15.9 Å². The highest BCUT2D eigenvalue weighted by Crippen LogP contribution is 2.08. The smallest absolute Gasteiger partial charge is 0.254 e. The average Bonchev–Trinajstić information content (AvgIpc) is 2.39. The number of ether oxygens (including phenoxy) is 1. The van der Waals surface area contributed by atoms with Crippen LogP contribution < -0.4 is 0 Å². The quantitative estimate of drug-likeness (QED) is 0.704. The zero-order valence-corrected chi connectivity index (χ0v) is 8.85. The highest BCUT2D eigenvalue weighted by Gasteiger charge is 2.17. The molecular weight excluding hydrogens is 204 g/mol. The molecule has 1 aromatic carbocycles. The lowest BCUT2D eigenvalue weighted by molar-refractivity contribution is 0.0303. The highest BCUT2D eigenvalue weighted by atomic mass is 16.5. The first-order valence-electron chi connectivity index (χ1n) is 5.18. The van der Waals surface area contributed by atoms with Gasteiger partial charge in [0, 0.05) is 18.7 Å². The van der Waals surface area contributed by atoms with E-state index in [1.807, 2.05) is 6.07 Å². The van der Waals surface area contributed by atoms with Crippen LogP contribution in [0.15, 0.2) is 24.3 Å². The second-order valence-electron chi connectivity index (χ2n) is 3.59. The van der Waals surface area contributed by atoms with Gasteiger partial charge in [0.1, 0.15) is 0 Å². The summed E-state index contributed by atoms with van der Waals surface area (Å²) in [5, 5.41) is 8.65. The number of morpholine rings is 1. The summed E-state index contributed by atoms with van der Waals surface area (Å²) in [5.74, 6) is 0.00721. The van der Waals surface area contributed by atoms with Crippen molar-refractivity contribution in [3.8, 4) is 6.07 Å². The second-order valence-corrected chi connectivity index (χ2v) is 3.59. The first-order chi connectivity index (χ1) is 7.81. The standard InChI is InChI=1S/C12H12N2O2/c13-9-10-1-3-11(4-2-10)12(15)14-5-7-16-8-6-14/h1-4H,5-8H2. The lowest BCUT2D eigenvalue weighted by atomic mass is 10.1. The molecule has 0 saturated carbocycles. The van der Waals surface area contributed by atoms with E-state index in [4.69, 9.17) is 10.00 Å². The van der Waals surface area contributed by atoms with Gasteiger partial charge in [-0.05, 0) is 24.3 Å². The molecule has 1 fully saturated rings. The van der Waals surface area contributed by atoms with E-state index in [0.717, 1.165) is 0 Å². The van der Waals surface area contributed by atoms with E-state index in [-0.39, 0.29) is 5.91 Å². The molecule has 1 aliphatic rings. The van der Waals surface area contributed by atoms with Gasteiger partial charge in [0.2, 0.25) is 0 Å². The van der Waals surface area contributed by atoms with Gasteiger partial charge in [0.05, 0.1) is 24.8 Å². The van der Waals surface area contributed by atoms with Gasteiger partial charge >= 0.3 is 0 Å². The highest BCUT2D eigenvalue weighted by molar-refractivity contribution is 5.94. The SMILES string of the molecule is N#Cc1ccc(C(=O)N2CCOCC2)cc1. The Hall–Kier alpha value is -1.86. The van der Waals surface area contributed by atoms with Crippen LogP contribution in [-0.2, 0) is 4.74 Å². The van der Waals surface area contributed by atoms with Gasteiger partial charge < -0.3 is 9.64 Å². The van der Waals surface area contributed by atoms with Gasteiger partial charge in [-0.25, -0.2) is 0 Å². The lowest BCUT2D eigenvalue weighted by Gasteiger charge is -2.26. The van der Waals surface area contributed by atoms with Crippen molar-refractivity contribution in [2.75, 3.05) is 26.3 Å². The van der Waals surface area contributed by atoms with Crippen molar-refractivity contribution in [3.63, 3.8) is 0 Å². The van der Waals surface area contributed by atoms with Crippen molar-refractivity contribution < 1.29 is 9.53 Å². The molecule has 2 rings (SSSR count). The summed E-state index contributed by atoms with van der Waals surface area (Å²) in [6.45, 7) is 2.47. The molecule has 16 heavy (non-hydrogen) atoms. The summed E-state index contributed by atoms with van der Waals surface area (Å²) in [6.07, 6.45) is 0. The molecule has 0 spiro atoms. The molecule has 1 aliphatic heterocycles. The topological polar surface area (TPSA) is 53.3 Å². The number of rotatable bonds is 1. The van der Waals surface area contributed by atoms with Crippen molar-refractivity contribution in [1.29, 1.82) is 5.26 Å². The van der Waals surface area contributed by atoms with E-state index >= 15 is 0 Å². The maximum Gasteiger partial charge on any atom is 0.254 e. The molecule has 1 aromatic rings. The zero-order chi connectivity index (χ0) is 11.4. The van der Waals surface area contributed by atoms with Crippen molar-refractivity contribution in [2.24, 2.45) is 0 Å². The number of carbonyl (C=O) groups is 1. The molecule has 1 saturated heterocycles. The molecule has 1 amide bonds. The van der Waals surface area contributed by atoms with Crippen molar-refractivity contribution in [1.82, 2.24) is 4.90 Å². The Kier molecular flexibility index (Phi) is 3.18. The Morgan fingerprint density at radius 2 is 1.88 bits per heavy atom. The Labute approximate surface area is 94.0 Å². The van der Waals surface area contributed by atoms with Crippen LogP contribution in [0.3, 0.4) is 0 Å². The second kappa shape index (κ2) is 4.77. The third-order valence-corrected chi connectivity index (χ3v) is 2.56. The fourth-order valence-electron chi connectivity index (χ4n) is 1.64. The molecule has 0 aliphatic carbocycles. The average molecular weight is 216 g/mol. The molecule has 1 heterocycles. The fraction of sp³-hybridized carbons (Fsp3) is 0.333. The monoisotopic (exact) mass is 216 g/mol. The van der Waals surface area contributed by atoms with Crippen molar-refractivity contribution >= 4 is 5.91 Å². The van der Waals surface area contributed by atoms with E-state index in [9.17, 15) is 4.79 Å². The third-order valence-electron chi connectivity index (χ3n) is 2.56. The number of amides is 1. The van der Waals surface area contributed by atoms with Crippen LogP contribution in [0.5, 0.6) is 0 Å². The van der Waals surface area contributed by atoms with Gasteiger partial charge in [-0.1, -0.05) is 0 Å². The third kappa shape index (κ3) is 2.20. The molecule has 0 N–H and O–H groups in total. The summed E-state index contributed by atoms with van der Waals surface area (Å²) in [4.78, 5) is 13.8. The minimum atomic E-state index is 0.00721. The minimum Gasteiger partial charge on any atom is -0.378 e. The van der Waals surface area contributed by atoms with E-state index < -0.39 is 0 Å². The number of nitriles is 1. The molecule has 0 atom stereocenters. The summed E-state index contributed by atoms with van der Waals surface area (Å²) >= 11 is 0. The maximum absolute atomic E-state index is 12.0. The maximum atomic E-state index is 12.0. The summed E-state index contributed by atoms with van der Waals surface area (Å²) < 4.78 is 5.19. The Morgan fingerprint density at radius 3 is 2.44 bits per heavy atom. The lowest BCUT2D eigenvalue weighted by Crippen LogP contribution is -2.40. The van der Waals surface area contributed by atoms with Crippen LogP contribution >= 0.6 is 0 Å². The minimum absolute atomic E-state index is 0.00721. The van der Waals surface area contributed by atoms with Crippen LogP contribution in [0.2, 0.25) is 0 Å². The summed E-state index contributed by atoms with van der Waals surface area (Å²) in [5.41, 5.74) is 1.19. The number of nitrogens with zero attached hydrogens (tertiary/aromatic N) is 2. The fourth-order valence-corrected chi connectivity index (χ4v) is 1.64. The number of benzene rings is 1. The van der Waals surface area contributed by atoms with Gasteiger partial charge in [-0.15, -0.1) is 0 Å². The molecule has 4 heteroatoms. The number of carbonyl (C=O) groups excluding carboxylic acids is 1. The Morgan fingerprint density at radius 1 is 1.25 bits per heavy atom. The van der Waals surface area contributed by atoms with Crippen LogP contribution in [0.4, 0.5) is 0 Å². The predicted octanol–water partition coefficient (Wildman–Crippen LogP) is 1.03. The van der Waals surface area contributed by atoms with Gasteiger partial charge in [0.25, 0.3) is 5.91 Å². The first-order valence-corrected chi connectivity index (χ1v) is 5.18. The normalized spacial score (nSPS) is 15.6. The molecule has 0 aromatic heterocycles. The number of hydrogen-bond acceptors (Lipinski definition) is 3. The largest absolute Gasteiger partial charge is 0.378 e. The first kappa shape index (κ1) is 10.7. The van der Waals surface area contributed by atoms with Crippen LogP contribution in [0.25, 0.3) is 0 Å². The van der Waals surface area contributed by atoms with E-state index in [1.54, 1.807) is 29.2 Å². The summed E-state index contributed by atoms with van der Waals surface area (Å²) in [6, 6.07) is 8.73. The Balaban J connectivity index is 2.11. The van der Waals surface area contributed by atoms with Gasteiger partial charge in [-0.3, -0.25) is 4.79 Å².